The lowest BCUT2D eigenvalue weighted by molar-refractivity contribution is 0.596. The van der Waals surface area contributed by atoms with Gasteiger partial charge in [0.25, 0.3) is 0 Å². The summed E-state index contributed by atoms with van der Waals surface area (Å²) >= 11 is 47.3. The first-order valence-corrected chi connectivity index (χ1v) is 9.92. The predicted octanol–water partition coefficient (Wildman–Crippen LogP) is 7.75. The standard InChI is InChI=1S/C12H2Cl8O2S/c13-3-1-2-4(6(15)5(3)14)23(21,22)12-10(19)8(17)7(16)9(18)11(12)20/h1-2H. The van der Waals surface area contributed by atoms with Crippen molar-refractivity contribution < 1.29 is 8.42 Å². The van der Waals surface area contributed by atoms with Crippen molar-refractivity contribution in [2.24, 2.45) is 0 Å². The maximum absolute atomic E-state index is 12.9. The molecule has 0 atom stereocenters. The van der Waals surface area contributed by atoms with E-state index in [1.807, 2.05) is 0 Å². The normalized spacial score (nSPS) is 11.8. The molecule has 11 heteroatoms. The molecule has 0 amide bonds. The maximum atomic E-state index is 12.9. The van der Waals surface area contributed by atoms with Crippen molar-refractivity contribution in [2.45, 2.75) is 9.79 Å². The molecule has 0 N–H and O–H groups in total. The fourth-order valence-electron chi connectivity index (χ4n) is 1.65. The third kappa shape index (κ3) is 3.38. The second kappa shape index (κ2) is 7.14. The van der Waals surface area contributed by atoms with Gasteiger partial charge in [0.2, 0.25) is 9.84 Å². The molecule has 0 unspecified atom stereocenters. The highest BCUT2D eigenvalue weighted by Gasteiger charge is 2.32. The van der Waals surface area contributed by atoms with E-state index in [-0.39, 0.29) is 45.1 Å². The molecule has 0 aliphatic rings. The highest BCUT2D eigenvalue weighted by atomic mass is 35.5. The van der Waals surface area contributed by atoms with Crippen molar-refractivity contribution in [2.75, 3.05) is 0 Å². The Morgan fingerprint density at radius 2 is 1.00 bits per heavy atom. The summed E-state index contributed by atoms with van der Waals surface area (Å²) in [6, 6.07) is 2.43. The van der Waals surface area contributed by atoms with E-state index in [2.05, 4.69) is 0 Å². The van der Waals surface area contributed by atoms with Crippen molar-refractivity contribution in [3.8, 4) is 0 Å². The van der Waals surface area contributed by atoms with Gasteiger partial charge in [0.1, 0.15) is 4.90 Å². The zero-order valence-electron chi connectivity index (χ0n) is 10.4. The Hall–Kier alpha value is 0.710. The van der Waals surface area contributed by atoms with Crippen LogP contribution in [0.3, 0.4) is 0 Å². The van der Waals surface area contributed by atoms with E-state index in [0.717, 1.165) is 6.07 Å². The summed E-state index contributed by atoms with van der Waals surface area (Å²) in [7, 11) is -4.30. The van der Waals surface area contributed by atoms with Crippen LogP contribution in [0.4, 0.5) is 0 Å². The number of benzene rings is 2. The third-order valence-corrected chi connectivity index (χ3v) is 8.50. The van der Waals surface area contributed by atoms with E-state index in [1.54, 1.807) is 0 Å². The monoisotopic (exact) mass is 490 g/mol. The van der Waals surface area contributed by atoms with Crippen LogP contribution in [0, 0.1) is 0 Å². The van der Waals surface area contributed by atoms with Crippen molar-refractivity contribution in [3.63, 3.8) is 0 Å². The summed E-state index contributed by atoms with van der Waals surface area (Å²) in [6.45, 7) is 0. The van der Waals surface area contributed by atoms with Gasteiger partial charge in [-0.1, -0.05) is 92.8 Å². The fourth-order valence-corrected chi connectivity index (χ4v) is 5.88. The number of hydrogen-bond acceptors (Lipinski definition) is 2. The Bertz CT molecular complexity index is 894. The average Bonchev–Trinajstić information content (AvgIpc) is 2.48. The van der Waals surface area contributed by atoms with Crippen molar-refractivity contribution in [1.29, 1.82) is 0 Å². The topological polar surface area (TPSA) is 34.1 Å². The molecule has 0 aliphatic carbocycles. The molecule has 2 nitrogen and oxygen atoms in total. The van der Waals surface area contributed by atoms with E-state index in [4.69, 9.17) is 92.8 Å². The summed E-state index contributed by atoms with van der Waals surface area (Å²) in [5.41, 5.74) is 0. The Morgan fingerprint density at radius 3 is 1.48 bits per heavy atom. The smallest absolute Gasteiger partial charge is 0.211 e. The van der Waals surface area contributed by atoms with Crippen LogP contribution in [0.5, 0.6) is 0 Å². The van der Waals surface area contributed by atoms with Crippen molar-refractivity contribution >= 4 is 103 Å². The van der Waals surface area contributed by atoms with Gasteiger partial charge >= 0.3 is 0 Å². The van der Waals surface area contributed by atoms with E-state index in [0.29, 0.717) is 0 Å². The lowest BCUT2D eigenvalue weighted by Crippen LogP contribution is -2.06. The van der Waals surface area contributed by atoms with Gasteiger partial charge in [0, 0.05) is 0 Å². The molecule has 2 aromatic carbocycles. The lowest BCUT2D eigenvalue weighted by Gasteiger charge is -2.14. The third-order valence-electron chi connectivity index (χ3n) is 2.73. The van der Waals surface area contributed by atoms with Crippen LogP contribution in [0.2, 0.25) is 40.2 Å². The number of sulfone groups is 1. The Kier molecular flexibility index (Phi) is 6.22. The van der Waals surface area contributed by atoms with Gasteiger partial charge < -0.3 is 0 Å². The Labute approximate surface area is 172 Å². The highest BCUT2D eigenvalue weighted by molar-refractivity contribution is 7.92. The van der Waals surface area contributed by atoms with Crippen molar-refractivity contribution in [1.82, 2.24) is 0 Å². The van der Waals surface area contributed by atoms with Gasteiger partial charge in [0.05, 0.1) is 45.1 Å². The molecular weight excluding hydrogens is 492 g/mol. The molecule has 0 fully saturated rings. The molecule has 2 aromatic rings. The zero-order valence-corrected chi connectivity index (χ0v) is 17.3. The van der Waals surface area contributed by atoms with Crippen molar-refractivity contribution in [3.05, 3.63) is 52.3 Å². The molecule has 0 heterocycles. The minimum Gasteiger partial charge on any atom is -0.218 e. The van der Waals surface area contributed by atoms with Gasteiger partial charge in [-0.05, 0) is 12.1 Å². The lowest BCUT2D eigenvalue weighted by atomic mass is 10.3. The van der Waals surface area contributed by atoms with Gasteiger partial charge in [-0.15, -0.1) is 0 Å². The fraction of sp³-hybridized carbons (Fsp3) is 0. The van der Waals surface area contributed by atoms with Gasteiger partial charge in [0.15, 0.2) is 0 Å². The average molecular weight is 494 g/mol. The minimum absolute atomic E-state index is 0.0833. The summed E-state index contributed by atoms with van der Waals surface area (Å²) < 4.78 is 25.7. The van der Waals surface area contributed by atoms with E-state index >= 15 is 0 Å². The number of rotatable bonds is 2. The maximum Gasteiger partial charge on any atom is 0.211 e. The van der Waals surface area contributed by atoms with Gasteiger partial charge in [-0.3, -0.25) is 0 Å². The summed E-state index contributed by atoms with van der Waals surface area (Å²) in [6.07, 6.45) is 0. The highest BCUT2D eigenvalue weighted by Crippen LogP contribution is 2.48. The van der Waals surface area contributed by atoms with Gasteiger partial charge in [-0.2, -0.15) is 0 Å². The molecule has 0 aliphatic heterocycles. The summed E-state index contributed by atoms with van der Waals surface area (Å²) in [5, 5.41) is -1.76. The SMILES string of the molecule is O=S(=O)(c1ccc(Cl)c(Cl)c1Cl)c1c(Cl)c(Cl)c(Cl)c(Cl)c1Cl. The second-order valence-corrected chi connectivity index (χ2v) is 8.98. The first-order chi connectivity index (χ1) is 10.5. The second-order valence-electron chi connectivity index (χ2n) is 4.08. The Morgan fingerprint density at radius 1 is 0.565 bits per heavy atom. The van der Waals surface area contributed by atoms with Crippen LogP contribution in [-0.4, -0.2) is 8.42 Å². The number of hydrogen-bond donors (Lipinski definition) is 0. The molecule has 0 radical (unpaired) electrons. The number of halogens is 8. The summed E-state index contributed by atoms with van der Waals surface area (Å²) in [5.74, 6) is 0. The van der Waals surface area contributed by atoms with E-state index < -0.39 is 14.7 Å². The largest absolute Gasteiger partial charge is 0.218 e. The molecular formula is C12H2Cl8O2S. The van der Waals surface area contributed by atoms with Gasteiger partial charge in [-0.25, -0.2) is 8.42 Å². The summed E-state index contributed by atoms with van der Waals surface area (Å²) in [4.78, 5) is -0.882. The Balaban J connectivity index is 2.90. The van der Waals surface area contributed by atoms with E-state index in [9.17, 15) is 8.42 Å². The molecule has 124 valence electrons. The molecule has 0 spiro atoms. The molecule has 0 saturated heterocycles. The molecule has 23 heavy (non-hydrogen) atoms. The molecule has 2 rings (SSSR count). The van der Waals surface area contributed by atoms with Crippen LogP contribution in [-0.2, 0) is 9.84 Å². The van der Waals surface area contributed by atoms with Crippen LogP contribution in [0.1, 0.15) is 0 Å². The molecule has 0 saturated carbocycles. The van der Waals surface area contributed by atoms with Crippen LogP contribution >= 0.6 is 92.8 Å². The minimum atomic E-state index is -4.30. The molecule has 0 aromatic heterocycles. The van der Waals surface area contributed by atoms with Crippen LogP contribution < -0.4 is 0 Å². The zero-order chi connectivity index (χ0) is 17.7. The van der Waals surface area contributed by atoms with E-state index in [1.165, 1.54) is 6.07 Å². The van der Waals surface area contributed by atoms with Crippen LogP contribution in [0.25, 0.3) is 0 Å². The first kappa shape index (κ1) is 20.0. The van der Waals surface area contributed by atoms with Crippen LogP contribution in [0.15, 0.2) is 21.9 Å². The predicted molar refractivity (Wildman–Crippen MR) is 98.4 cm³/mol. The molecule has 0 bridgehead atoms. The first-order valence-electron chi connectivity index (χ1n) is 5.41. The quantitative estimate of drug-likeness (QED) is 0.316.